The number of aromatic nitrogens is 2. The minimum atomic E-state index is -0.327. The van der Waals surface area contributed by atoms with Gasteiger partial charge in [0.15, 0.2) is 0 Å². The Labute approximate surface area is 191 Å². The molecule has 0 bridgehead atoms. The number of ether oxygens (including phenoxy) is 2. The van der Waals surface area contributed by atoms with Crippen molar-refractivity contribution in [3.05, 3.63) is 83.8 Å². The highest BCUT2D eigenvalue weighted by Crippen LogP contribution is 2.37. The molecule has 0 fully saturated rings. The number of pyridine rings is 1. The van der Waals surface area contributed by atoms with Gasteiger partial charge in [0.05, 0.1) is 31.3 Å². The molecule has 0 aliphatic heterocycles. The highest BCUT2D eigenvalue weighted by molar-refractivity contribution is 6.07. The molecule has 0 spiro atoms. The Morgan fingerprint density at radius 2 is 1.48 bits per heavy atom. The Morgan fingerprint density at radius 3 is 2.09 bits per heavy atom. The fourth-order valence-corrected chi connectivity index (χ4v) is 3.59. The van der Waals surface area contributed by atoms with E-state index in [1.165, 1.54) is 14.2 Å². The molecule has 168 valence electrons. The van der Waals surface area contributed by atoms with Crippen molar-refractivity contribution >= 4 is 28.8 Å². The van der Waals surface area contributed by atoms with Crippen LogP contribution in [0.25, 0.3) is 5.65 Å². The summed E-state index contributed by atoms with van der Waals surface area (Å²) in [7, 11) is 2.98. The SMILES string of the molecule is CCc1nc2ccccn2c1C(=O)Nc1cc(OC)c(NC(=O)c2ccccc2)cc1OC. The first-order valence-electron chi connectivity index (χ1n) is 10.5. The molecule has 0 saturated heterocycles. The van der Waals surface area contributed by atoms with Crippen molar-refractivity contribution < 1.29 is 19.1 Å². The molecule has 0 unspecified atom stereocenters. The number of carbonyl (C=O) groups excluding carboxylic acids is 2. The van der Waals surface area contributed by atoms with Gasteiger partial charge in [-0.15, -0.1) is 0 Å². The van der Waals surface area contributed by atoms with Crippen LogP contribution in [-0.4, -0.2) is 35.4 Å². The number of nitrogens with zero attached hydrogens (tertiary/aromatic N) is 2. The van der Waals surface area contributed by atoms with Crippen molar-refractivity contribution in [2.45, 2.75) is 13.3 Å². The van der Waals surface area contributed by atoms with E-state index in [4.69, 9.17) is 9.47 Å². The molecule has 2 amide bonds. The van der Waals surface area contributed by atoms with Crippen LogP contribution in [0.15, 0.2) is 66.9 Å². The number of methoxy groups -OCH3 is 2. The fourth-order valence-electron chi connectivity index (χ4n) is 3.59. The third kappa shape index (κ3) is 4.36. The summed E-state index contributed by atoms with van der Waals surface area (Å²) in [4.78, 5) is 30.4. The third-order valence-corrected chi connectivity index (χ3v) is 5.21. The molecule has 0 radical (unpaired) electrons. The molecule has 2 heterocycles. The van der Waals surface area contributed by atoms with Crippen molar-refractivity contribution in [3.63, 3.8) is 0 Å². The maximum Gasteiger partial charge on any atom is 0.274 e. The summed E-state index contributed by atoms with van der Waals surface area (Å²) in [5.74, 6) is 0.140. The first-order valence-corrected chi connectivity index (χ1v) is 10.5. The Bertz CT molecular complexity index is 1310. The lowest BCUT2D eigenvalue weighted by molar-refractivity contribution is 0.101. The average Bonchev–Trinajstić information content (AvgIpc) is 3.24. The van der Waals surface area contributed by atoms with Gasteiger partial charge in [-0.1, -0.05) is 31.2 Å². The van der Waals surface area contributed by atoms with E-state index >= 15 is 0 Å². The van der Waals surface area contributed by atoms with Crippen molar-refractivity contribution in [1.29, 1.82) is 0 Å². The minimum absolute atomic E-state index is 0.286. The van der Waals surface area contributed by atoms with Crippen LogP contribution in [0.5, 0.6) is 11.5 Å². The summed E-state index contributed by atoms with van der Waals surface area (Å²) >= 11 is 0. The normalized spacial score (nSPS) is 10.6. The van der Waals surface area contributed by atoms with Gasteiger partial charge in [0.1, 0.15) is 22.8 Å². The molecule has 4 aromatic rings. The van der Waals surface area contributed by atoms with Crippen molar-refractivity contribution in [2.24, 2.45) is 0 Å². The molecule has 2 N–H and O–H groups in total. The smallest absolute Gasteiger partial charge is 0.274 e. The van der Waals surface area contributed by atoms with Gasteiger partial charge >= 0.3 is 0 Å². The van der Waals surface area contributed by atoms with E-state index in [2.05, 4.69) is 15.6 Å². The van der Waals surface area contributed by atoms with Crippen LogP contribution in [0.2, 0.25) is 0 Å². The topological polar surface area (TPSA) is 94.0 Å². The Hall–Kier alpha value is -4.33. The molecule has 0 aliphatic rings. The second-order valence-electron chi connectivity index (χ2n) is 7.22. The number of carbonyl (C=O) groups is 2. The molecule has 0 atom stereocenters. The lowest BCUT2D eigenvalue weighted by Gasteiger charge is -2.16. The van der Waals surface area contributed by atoms with E-state index in [0.29, 0.717) is 51.9 Å². The van der Waals surface area contributed by atoms with Crippen LogP contribution >= 0.6 is 0 Å². The molecular formula is C25H24N4O4. The molecule has 0 saturated carbocycles. The summed E-state index contributed by atoms with van der Waals surface area (Å²) in [6, 6.07) is 17.7. The predicted molar refractivity (Wildman–Crippen MR) is 126 cm³/mol. The number of nitrogens with one attached hydrogen (secondary N) is 2. The van der Waals surface area contributed by atoms with Gasteiger partial charge < -0.3 is 20.1 Å². The number of aryl methyl sites for hydroxylation is 1. The van der Waals surface area contributed by atoms with E-state index in [1.807, 2.05) is 31.2 Å². The van der Waals surface area contributed by atoms with E-state index in [9.17, 15) is 9.59 Å². The maximum atomic E-state index is 13.2. The van der Waals surface area contributed by atoms with Crippen LogP contribution in [0, 0.1) is 0 Å². The second kappa shape index (κ2) is 9.44. The largest absolute Gasteiger partial charge is 0.494 e. The molecule has 0 aliphatic carbocycles. The van der Waals surface area contributed by atoms with Gasteiger partial charge in [0, 0.05) is 23.9 Å². The van der Waals surface area contributed by atoms with Gasteiger partial charge in [-0.2, -0.15) is 0 Å². The van der Waals surface area contributed by atoms with E-state index in [1.54, 1.807) is 47.0 Å². The number of hydrogen-bond acceptors (Lipinski definition) is 5. The van der Waals surface area contributed by atoms with Crippen LogP contribution in [0.3, 0.4) is 0 Å². The summed E-state index contributed by atoms with van der Waals surface area (Å²) in [6.07, 6.45) is 2.41. The van der Waals surface area contributed by atoms with Crippen LogP contribution in [0.4, 0.5) is 11.4 Å². The predicted octanol–water partition coefficient (Wildman–Crippen LogP) is 4.42. The van der Waals surface area contributed by atoms with Crippen LogP contribution < -0.4 is 20.1 Å². The van der Waals surface area contributed by atoms with Crippen molar-refractivity contribution in [1.82, 2.24) is 9.38 Å². The third-order valence-electron chi connectivity index (χ3n) is 5.21. The lowest BCUT2D eigenvalue weighted by Crippen LogP contribution is -2.17. The van der Waals surface area contributed by atoms with Gasteiger partial charge in [0.25, 0.3) is 11.8 Å². The highest BCUT2D eigenvalue weighted by Gasteiger charge is 2.21. The molecule has 2 aromatic carbocycles. The zero-order valence-electron chi connectivity index (χ0n) is 18.6. The van der Waals surface area contributed by atoms with E-state index < -0.39 is 0 Å². The summed E-state index contributed by atoms with van der Waals surface area (Å²) in [5, 5.41) is 5.73. The van der Waals surface area contributed by atoms with Gasteiger partial charge in [0.2, 0.25) is 0 Å². The second-order valence-corrected chi connectivity index (χ2v) is 7.22. The standard InChI is InChI=1S/C25H24N4O4/c1-4-17-23(29-13-9-8-12-22(29)26-17)25(31)28-19-15-20(32-2)18(14-21(19)33-3)27-24(30)16-10-6-5-7-11-16/h5-15H,4H2,1-3H3,(H,27,30)(H,28,31). The lowest BCUT2D eigenvalue weighted by atomic mass is 10.2. The van der Waals surface area contributed by atoms with Crippen LogP contribution in [0.1, 0.15) is 33.5 Å². The summed E-state index contributed by atoms with van der Waals surface area (Å²) in [5.41, 5.74) is 3.18. The molecule has 4 rings (SSSR count). The number of imidazole rings is 1. The first kappa shape index (κ1) is 21.9. The number of fused-ring (bicyclic) bond motifs is 1. The number of hydrogen-bond donors (Lipinski definition) is 2. The number of anilines is 2. The number of amides is 2. The molecular weight excluding hydrogens is 420 g/mol. The monoisotopic (exact) mass is 444 g/mol. The highest BCUT2D eigenvalue weighted by atomic mass is 16.5. The van der Waals surface area contributed by atoms with Gasteiger partial charge in [-0.3, -0.25) is 14.0 Å². The summed E-state index contributed by atoms with van der Waals surface area (Å²) < 4.78 is 12.7. The summed E-state index contributed by atoms with van der Waals surface area (Å²) in [6.45, 7) is 1.95. The maximum absolute atomic E-state index is 13.2. The average molecular weight is 444 g/mol. The fraction of sp³-hybridized carbons (Fsp3) is 0.160. The zero-order valence-corrected chi connectivity index (χ0v) is 18.6. The quantitative estimate of drug-likeness (QED) is 0.440. The minimum Gasteiger partial charge on any atom is -0.494 e. The molecule has 8 nitrogen and oxygen atoms in total. The van der Waals surface area contributed by atoms with Gasteiger partial charge in [-0.05, 0) is 30.7 Å². The number of benzene rings is 2. The van der Waals surface area contributed by atoms with E-state index in [0.717, 1.165) is 0 Å². The van der Waals surface area contributed by atoms with Crippen molar-refractivity contribution in [2.75, 3.05) is 24.9 Å². The number of rotatable bonds is 7. The van der Waals surface area contributed by atoms with E-state index in [-0.39, 0.29) is 11.8 Å². The Morgan fingerprint density at radius 1 is 0.879 bits per heavy atom. The first-order chi connectivity index (χ1) is 16.0. The molecule has 2 aromatic heterocycles. The molecule has 8 heteroatoms. The zero-order chi connectivity index (χ0) is 23.4. The van der Waals surface area contributed by atoms with Crippen LogP contribution in [-0.2, 0) is 6.42 Å². The van der Waals surface area contributed by atoms with Gasteiger partial charge in [-0.25, -0.2) is 4.98 Å². The molecule has 33 heavy (non-hydrogen) atoms. The van der Waals surface area contributed by atoms with Crippen molar-refractivity contribution in [3.8, 4) is 11.5 Å². The Balaban J connectivity index is 1.66. The Kier molecular flexibility index (Phi) is 6.26.